The summed E-state index contributed by atoms with van der Waals surface area (Å²) in [4.78, 5) is 7.97. The van der Waals surface area contributed by atoms with Crippen LogP contribution in [0.5, 0.6) is 0 Å². The van der Waals surface area contributed by atoms with Crippen LogP contribution < -0.4 is 5.32 Å². The van der Waals surface area contributed by atoms with Gasteiger partial charge < -0.3 is 10.3 Å². The summed E-state index contributed by atoms with van der Waals surface area (Å²) in [5.74, 6) is 0.988. The Morgan fingerprint density at radius 3 is 2.57 bits per heavy atom. The summed E-state index contributed by atoms with van der Waals surface area (Å²) in [5.41, 5.74) is 4.75. The van der Waals surface area contributed by atoms with Gasteiger partial charge in [-0.15, -0.1) is 0 Å². The maximum Gasteiger partial charge on any atom is 0.121 e. The van der Waals surface area contributed by atoms with E-state index in [1.165, 1.54) is 11.1 Å². The zero-order valence-corrected chi connectivity index (χ0v) is 12.6. The van der Waals surface area contributed by atoms with Crippen LogP contribution >= 0.6 is 0 Å². The third-order valence-electron chi connectivity index (χ3n) is 3.84. The molecule has 3 heteroatoms. The van der Waals surface area contributed by atoms with E-state index in [0.29, 0.717) is 6.04 Å². The van der Waals surface area contributed by atoms with Crippen molar-refractivity contribution in [2.24, 2.45) is 0 Å². The summed E-state index contributed by atoms with van der Waals surface area (Å²) in [7, 11) is 0. The summed E-state index contributed by atoms with van der Waals surface area (Å²) in [6.07, 6.45) is 1.06. The monoisotopic (exact) mass is 279 g/mol. The van der Waals surface area contributed by atoms with Gasteiger partial charge in [-0.2, -0.15) is 0 Å². The average molecular weight is 279 g/mol. The lowest BCUT2D eigenvalue weighted by atomic mass is 10.0. The lowest BCUT2D eigenvalue weighted by Crippen LogP contribution is -2.20. The van der Waals surface area contributed by atoms with Crippen molar-refractivity contribution < 1.29 is 0 Å². The molecule has 0 fully saturated rings. The molecule has 3 aromatic rings. The van der Waals surface area contributed by atoms with E-state index >= 15 is 0 Å². The minimum Gasteiger partial charge on any atom is -0.341 e. The molecule has 1 atom stereocenters. The highest BCUT2D eigenvalue weighted by Crippen LogP contribution is 2.18. The van der Waals surface area contributed by atoms with Crippen LogP contribution in [0.15, 0.2) is 48.5 Å². The van der Waals surface area contributed by atoms with Crippen molar-refractivity contribution in [1.82, 2.24) is 15.3 Å². The fourth-order valence-corrected chi connectivity index (χ4v) is 2.61. The quantitative estimate of drug-likeness (QED) is 0.738. The molecule has 0 spiro atoms. The van der Waals surface area contributed by atoms with Crippen LogP contribution in [0.25, 0.3) is 11.0 Å². The summed E-state index contributed by atoms with van der Waals surface area (Å²) in [6.45, 7) is 5.07. The van der Waals surface area contributed by atoms with Gasteiger partial charge >= 0.3 is 0 Å². The van der Waals surface area contributed by atoms with E-state index in [9.17, 15) is 0 Å². The number of rotatable bonds is 5. The first-order valence-electron chi connectivity index (χ1n) is 7.50. The number of hydrogen-bond acceptors (Lipinski definition) is 2. The smallest absolute Gasteiger partial charge is 0.121 e. The molecule has 2 N–H and O–H groups in total. The largest absolute Gasteiger partial charge is 0.341 e. The van der Waals surface area contributed by atoms with E-state index in [0.717, 1.165) is 29.8 Å². The molecule has 1 aromatic heterocycles. The highest BCUT2D eigenvalue weighted by atomic mass is 15.0. The zero-order valence-electron chi connectivity index (χ0n) is 12.6. The molecule has 0 saturated carbocycles. The number of hydrogen-bond donors (Lipinski definition) is 2. The average Bonchev–Trinajstić information content (AvgIpc) is 2.92. The van der Waals surface area contributed by atoms with E-state index in [-0.39, 0.29) is 0 Å². The molecule has 0 radical (unpaired) electrons. The van der Waals surface area contributed by atoms with Gasteiger partial charge in [0.05, 0.1) is 17.6 Å². The Labute approximate surface area is 125 Å². The molecule has 0 bridgehead atoms. The van der Waals surface area contributed by atoms with E-state index in [4.69, 9.17) is 0 Å². The molecule has 0 aliphatic rings. The molecule has 0 aliphatic carbocycles. The summed E-state index contributed by atoms with van der Waals surface area (Å²) in [6, 6.07) is 17.2. The Hall–Kier alpha value is -2.13. The first kappa shape index (κ1) is 13.8. The van der Waals surface area contributed by atoms with E-state index in [2.05, 4.69) is 59.5 Å². The van der Waals surface area contributed by atoms with Gasteiger partial charge in [-0.3, -0.25) is 0 Å². The number of imidazole rings is 1. The molecule has 0 amide bonds. The van der Waals surface area contributed by atoms with Gasteiger partial charge in [-0.05, 0) is 31.0 Å². The number of aromatic amines is 1. The van der Waals surface area contributed by atoms with E-state index < -0.39 is 0 Å². The first-order valence-corrected chi connectivity index (χ1v) is 7.50. The standard InChI is InChI=1S/C18H21N3/c1-3-15(14-10-8-13(2)9-11-14)19-12-18-20-16-6-4-5-7-17(16)21-18/h4-11,15,19H,3,12H2,1-2H3,(H,20,21). The molecule has 0 saturated heterocycles. The Balaban J connectivity index is 1.71. The summed E-state index contributed by atoms with van der Waals surface area (Å²) < 4.78 is 0. The highest BCUT2D eigenvalue weighted by Gasteiger charge is 2.09. The van der Waals surface area contributed by atoms with Gasteiger partial charge in [0.15, 0.2) is 0 Å². The maximum absolute atomic E-state index is 4.61. The van der Waals surface area contributed by atoms with Crippen molar-refractivity contribution in [3.63, 3.8) is 0 Å². The fraction of sp³-hybridized carbons (Fsp3) is 0.278. The number of H-pyrrole nitrogens is 1. The van der Waals surface area contributed by atoms with Crippen LogP contribution in [0.3, 0.4) is 0 Å². The van der Waals surface area contributed by atoms with Crippen molar-refractivity contribution in [2.45, 2.75) is 32.9 Å². The Morgan fingerprint density at radius 1 is 1.10 bits per heavy atom. The number of nitrogens with one attached hydrogen (secondary N) is 2. The molecule has 21 heavy (non-hydrogen) atoms. The number of benzene rings is 2. The topological polar surface area (TPSA) is 40.7 Å². The minimum absolute atomic E-state index is 0.360. The molecule has 3 rings (SSSR count). The van der Waals surface area contributed by atoms with Crippen molar-refractivity contribution in [1.29, 1.82) is 0 Å². The number of aryl methyl sites for hydroxylation is 1. The Morgan fingerprint density at radius 2 is 1.86 bits per heavy atom. The van der Waals surface area contributed by atoms with Crippen molar-refractivity contribution in [2.75, 3.05) is 0 Å². The van der Waals surface area contributed by atoms with E-state index in [1.807, 2.05) is 18.2 Å². The predicted octanol–water partition coefficient (Wildman–Crippen LogP) is 4.11. The Kier molecular flexibility index (Phi) is 4.02. The van der Waals surface area contributed by atoms with Crippen LogP contribution in [0.4, 0.5) is 0 Å². The second kappa shape index (κ2) is 6.10. The van der Waals surface area contributed by atoms with Gasteiger partial charge in [0.2, 0.25) is 0 Å². The third kappa shape index (κ3) is 3.14. The molecule has 3 nitrogen and oxygen atoms in total. The minimum atomic E-state index is 0.360. The second-order valence-electron chi connectivity index (χ2n) is 5.45. The van der Waals surface area contributed by atoms with Crippen LogP contribution in [0.2, 0.25) is 0 Å². The predicted molar refractivity (Wildman–Crippen MR) is 87.1 cm³/mol. The molecule has 0 aliphatic heterocycles. The number of nitrogens with zero attached hydrogens (tertiary/aromatic N) is 1. The molecule has 2 aromatic carbocycles. The second-order valence-corrected chi connectivity index (χ2v) is 5.45. The fourth-order valence-electron chi connectivity index (χ4n) is 2.61. The third-order valence-corrected chi connectivity index (χ3v) is 3.84. The number of fused-ring (bicyclic) bond motifs is 1. The molecule has 108 valence electrons. The van der Waals surface area contributed by atoms with Crippen molar-refractivity contribution in [3.8, 4) is 0 Å². The van der Waals surface area contributed by atoms with Crippen LogP contribution in [-0.4, -0.2) is 9.97 Å². The normalized spacial score (nSPS) is 12.7. The Bertz CT molecular complexity index is 680. The van der Waals surface area contributed by atoms with Crippen LogP contribution in [0.1, 0.15) is 36.3 Å². The molecule has 1 unspecified atom stereocenters. The lowest BCUT2D eigenvalue weighted by molar-refractivity contribution is 0.510. The molecule has 1 heterocycles. The van der Waals surface area contributed by atoms with Gasteiger partial charge in [0.25, 0.3) is 0 Å². The van der Waals surface area contributed by atoms with Crippen molar-refractivity contribution >= 4 is 11.0 Å². The van der Waals surface area contributed by atoms with Crippen LogP contribution in [-0.2, 0) is 6.54 Å². The van der Waals surface area contributed by atoms with Gasteiger partial charge in [0, 0.05) is 6.04 Å². The zero-order chi connectivity index (χ0) is 14.7. The lowest BCUT2D eigenvalue weighted by Gasteiger charge is -2.16. The van der Waals surface area contributed by atoms with E-state index in [1.54, 1.807) is 0 Å². The first-order chi connectivity index (χ1) is 10.3. The van der Waals surface area contributed by atoms with Gasteiger partial charge in [-0.1, -0.05) is 48.9 Å². The molecular formula is C18H21N3. The van der Waals surface area contributed by atoms with Gasteiger partial charge in [0.1, 0.15) is 5.82 Å². The number of aromatic nitrogens is 2. The van der Waals surface area contributed by atoms with Crippen molar-refractivity contribution in [3.05, 3.63) is 65.5 Å². The SMILES string of the molecule is CCC(NCc1nc2ccccc2[nH]1)c1ccc(C)cc1. The maximum atomic E-state index is 4.61. The van der Waals surface area contributed by atoms with Gasteiger partial charge in [-0.25, -0.2) is 4.98 Å². The summed E-state index contributed by atoms with van der Waals surface area (Å²) >= 11 is 0. The highest BCUT2D eigenvalue weighted by molar-refractivity contribution is 5.74. The number of para-hydroxylation sites is 2. The van der Waals surface area contributed by atoms with Crippen LogP contribution in [0, 0.1) is 6.92 Å². The molecular weight excluding hydrogens is 258 g/mol. The summed E-state index contributed by atoms with van der Waals surface area (Å²) in [5, 5.41) is 3.59.